The summed E-state index contributed by atoms with van der Waals surface area (Å²) >= 11 is 0. The second-order valence-corrected chi connectivity index (χ2v) is 14.5. The van der Waals surface area contributed by atoms with Gasteiger partial charge in [0.15, 0.2) is 0 Å². The number of nitrogens with one attached hydrogen (secondary N) is 3. The molecule has 286 valence electrons. The number of ether oxygens (including phenoxy) is 2. The first kappa shape index (κ1) is 38.7. The zero-order chi connectivity index (χ0) is 39.0. The first-order chi connectivity index (χ1) is 26.5. The Kier molecular flexibility index (Phi) is 12.2. The number of urea groups is 1. The van der Waals surface area contributed by atoms with Crippen LogP contribution in [0.5, 0.6) is 5.75 Å². The number of morpholine rings is 1. The van der Waals surface area contributed by atoms with Crippen LogP contribution in [-0.2, 0) is 11.3 Å². The zero-order valence-corrected chi connectivity index (χ0v) is 32.0. The maximum Gasteiger partial charge on any atom is 0.324 e. The number of anilines is 4. The van der Waals surface area contributed by atoms with Gasteiger partial charge in [-0.1, -0.05) is 69.7 Å². The van der Waals surface area contributed by atoms with Crippen LogP contribution in [0.4, 0.5) is 27.8 Å². The maximum absolute atomic E-state index is 13.6. The lowest BCUT2D eigenvalue weighted by Gasteiger charge is -2.30. The van der Waals surface area contributed by atoms with E-state index in [1.807, 2.05) is 85.8 Å². The first-order valence-electron chi connectivity index (χ1n) is 18.5. The van der Waals surface area contributed by atoms with Gasteiger partial charge < -0.3 is 25.0 Å². The lowest BCUT2D eigenvalue weighted by atomic mass is 9.79. The highest BCUT2D eigenvalue weighted by Gasteiger charge is 2.24. The number of nitrogens with two attached hydrogens (primary N) is 1. The molecule has 55 heavy (non-hydrogen) atoms. The highest BCUT2D eigenvalue weighted by atomic mass is 16.5. The van der Waals surface area contributed by atoms with Gasteiger partial charge in [0.2, 0.25) is 0 Å². The molecule has 1 saturated heterocycles. The molecule has 5 N–H and O–H groups in total. The molecule has 3 amide bonds. The van der Waals surface area contributed by atoms with Crippen LogP contribution in [0.1, 0.15) is 55.7 Å². The summed E-state index contributed by atoms with van der Waals surface area (Å²) in [6, 6.07) is 22.6. The molecule has 3 heterocycles. The predicted molar refractivity (Wildman–Crippen MR) is 216 cm³/mol. The lowest BCUT2D eigenvalue weighted by molar-refractivity contribution is 0.0298. The summed E-state index contributed by atoms with van der Waals surface area (Å²) in [4.78, 5) is 41.2. The summed E-state index contributed by atoms with van der Waals surface area (Å²) in [5, 5.41) is 12.4. The third kappa shape index (κ3) is 9.93. The average molecular weight is 744 g/mol. The van der Waals surface area contributed by atoms with E-state index in [1.165, 1.54) is 17.4 Å². The fourth-order valence-corrected chi connectivity index (χ4v) is 6.33. The van der Waals surface area contributed by atoms with Crippen molar-refractivity contribution in [3.05, 3.63) is 120 Å². The van der Waals surface area contributed by atoms with Gasteiger partial charge in [-0.15, -0.1) is 0 Å². The summed E-state index contributed by atoms with van der Waals surface area (Å²) in [6.07, 6.45) is 7.57. The Hall–Kier alpha value is -6.05. The number of benzene rings is 3. The number of nitrogens with zero attached hydrogens (tertiary/aromatic N) is 5. The SMILES string of the molecule is CCC(/C=C(/NC(=O)Nc1ccc(OCc2ccnc(Nc3cnc(C(=O)N4CCOCC4)cn3)c2)c2ccccc12)N(N)c1ccc(C)cc1)C(C)(C)C. The highest BCUT2D eigenvalue weighted by Crippen LogP contribution is 2.33. The quantitative estimate of drug-likeness (QED) is 0.0743. The molecule has 5 aromatic rings. The monoisotopic (exact) mass is 743 g/mol. The number of fused-ring (bicyclic) bond motifs is 1. The molecule has 3 aromatic carbocycles. The number of hydrogen-bond acceptors (Lipinski definition) is 10. The number of aromatic nitrogens is 3. The standard InChI is InChI=1S/C42H49N9O4/c1-6-30(42(3,4)5)24-39(51(43)31-13-11-28(2)12-14-31)49-41(53)47-34-15-16-36(33-10-8-7-9-32(33)34)55-27-29-17-18-44-37(23-29)48-38-26-45-35(25-46-38)40(52)50-19-21-54-22-20-50/h7-18,23-26,30H,6,19-22,27,43H2,1-5H3,(H,44,46,48)(H2,47,49,53)/b39-24-. The predicted octanol–water partition coefficient (Wildman–Crippen LogP) is 7.54. The van der Waals surface area contributed by atoms with Crippen molar-refractivity contribution < 1.29 is 19.1 Å². The summed E-state index contributed by atoms with van der Waals surface area (Å²) in [5.74, 6) is 8.77. The molecule has 1 fully saturated rings. The third-order valence-electron chi connectivity index (χ3n) is 9.50. The number of pyridine rings is 1. The number of amides is 3. The van der Waals surface area contributed by atoms with Gasteiger partial charge in [0, 0.05) is 30.1 Å². The first-order valence-corrected chi connectivity index (χ1v) is 18.5. The summed E-state index contributed by atoms with van der Waals surface area (Å²) in [5.41, 5.74) is 3.60. The molecule has 1 unspecified atom stereocenters. The van der Waals surface area contributed by atoms with Crippen molar-refractivity contribution in [3.63, 3.8) is 0 Å². The van der Waals surface area contributed by atoms with Crippen molar-refractivity contribution in [3.8, 4) is 5.75 Å². The van der Waals surface area contributed by atoms with Crippen LogP contribution in [0, 0.1) is 18.3 Å². The van der Waals surface area contributed by atoms with E-state index in [-0.39, 0.29) is 29.5 Å². The Morgan fingerprint density at radius 1 is 0.964 bits per heavy atom. The minimum Gasteiger partial charge on any atom is -0.488 e. The molecule has 13 heteroatoms. The van der Waals surface area contributed by atoms with E-state index in [0.29, 0.717) is 55.2 Å². The minimum absolute atomic E-state index is 0.0420. The van der Waals surface area contributed by atoms with Crippen molar-refractivity contribution >= 4 is 45.7 Å². The van der Waals surface area contributed by atoms with Gasteiger partial charge in [-0.3, -0.25) is 15.1 Å². The van der Waals surface area contributed by atoms with Crippen LogP contribution < -0.4 is 31.5 Å². The van der Waals surface area contributed by atoms with Crippen LogP contribution in [0.15, 0.2) is 103 Å². The highest BCUT2D eigenvalue weighted by molar-refractivity contribution is 6.04. The van der Waals surface area contributed by atoms with Crippen molar-refractivity contribution in [1.29, 1.82) is 0 Å². The number of rotatable bonds is 12. The van der Waals surface area contributed by atoms with Gasteiger partial charge in [-0.05, 0) is 72.7 Å². The third-order valence-corrected chi connectivity index (χ3v) is 9.50. The molecule has 0 spiro atoms. The molecular formula is C42H49N9O4. The van der Waals surface area contributed by atoms with Gasteiger partial charge in [0.1, 0.15) is 35.5 Å². The van der Waals surface area contributed by atoms with Gasteiger partial charge in [-0.25, -0.2) is 25.6 Å². The average Bonchev–Trinajstić information content (AvgIpc) is 3.19. The van der Waals surface area contributed by atoms with E-state index in [0.717, 1.165) is 34.0 Å². The van der Waals surface area contributed by atoms with Crippen LogP contribution in [0.25, 0.3) is 10.8 Å². The topological polar surface area (TPSA) is 160 Å². The molecule has 0 bridgehead atoms. The van der Waals surface area contributed by atoms with Gasteiger partial charge in [-0.2, -0.15) is 0 Å². The van der Waals surface area contributed by atoms with Crippen molar-refractivity contribution in [2.75, 3.05) is 41.9 Å². The number of aryl methyl sites for hydroxylation is 1. The second-order valence-electron chi connectivity index (χ2n) is 14.5. The van der Waals surface area contributed by atoms with E-state index in [4.69, 9.17) is 15.3 Å². The molecule has 1 aliphatic heterocycles. The van der Waals surface area contributed by atoms with E-state index in [1.54, 1.807) is 11.1 Å². The lowest BCUT2D eigenvalue weighted by Crippen LogP contribution is -2.42. The minimum atomic E-state index is -0.420. The van der Waals surface area contributed by atoms with E-state index in [9.17, 15) is 9.59 Å². The Balaban J connectivity index is 1.13. The van der Waals surface area contributed by atoms with Crippen LogP contribution in [-0.4, -0.2) is 58.1 Å². The Morgan fingerprint density at radius 3 is 2.40 bits per heavy atom. The Morgan fingerprint density at radius 2 is 1.71 bits per heavy atom. The van der Waals surface area contributed by atoms with Crippen molar-refractivity contribution in [2.45, 2.75) is 47.6 Å². The number of hydrogen-bond donors (Lipinski definition) is 4. The summed E-state index contributed by atoms with van der Waals surface area (Å²) < 4.78 is 11.6. The van der Waals surface area contributed by atoms with E-state index >= 15 is 0 Å². The number of allylic oxidation sites excluding steroid dienone is 1. The number of carbonyl (C=O) groups excluding carboxylic acids is 2. The molecule has 6 rings (SSSR count). The zero-order valence-electron chi connectivity index (χ0n) is 32.0. The summed E-state index contributed by atoms with van der Waals surface area (Å²) in [6.45, 7) is 13.0. The van der Waals surface area contributed by atoms with Gasteiger partial charge >= 0.3 is 6.03 Å². The van der Waals surface area contributed by atoms with Crippen LogP contribution in [0.2, 0.25) is 0 Å². The Bertz CT molecular complexity index is 2130. The normalized spacial score (nSPS) is 13.9. The van der Waals surface area contributed by atoms with Crippen LogP contribution in [0.3, 0.4) is 0 Å². The van der Waals surface area contributed by atoms with Gasteiger partial charge in [0.25, 0.3) is 5.91 Å². The smallest absolute Gasteiger partial charge is 0.324 e. The van der Waals surface area contributed by atoms with Crippen molar-refractivity contribution in [1.82, 2.24) is 25.2 Å². The molecule has 1 atom stereocenters. The Labute approximate surface area is 321 Å². The van der Waals surface area contributed by atoms with Crippen LogP contribution >= 0.6 is 0 Å². The molecule has 0 aliphatic carbocycles. The molecule has 1 aliphatic rings. The van der Waals surface area contributed by atoms with Crippen molar-refractivity contribution in [2.24, 2.45) is 17.2 Å². The fraction of sp³-hybridized carbons (Fsp3) is 0.310. The fourth-order valence-electron chi connectivity index (χ4n) is 6.33. The number of hydrazine groups is 1. The maximum atomic E-state index is 13.6. The molecular weight excluding hydrogens is 695 g/mol. The molecule has 0 saturated carbocycles. The van der Waals surface area contributed by atoms with Gasteiger partial charge in [0.05, 0.1) is 37.0 Å². The summed E-state index contributed by atoms with van der Waals surface area (Å²) in [7, 11) is 0. The van der Waals surface area contributed by atoms with E-state index < -0.39 is 6.03 Å². The largest absolute Gasteiger partial charge is 0.488 e. The number of carbonyl (C=O) groups is 2. The molecule has 2 aromatic heterocycles. The molecule has 13 nitrogen and oxygen atoms in total. The van der Waals surface area contributed by atoms with E-state index in [2.05, 4.69) is 58.6 Å². The second kappa shape index (κ2) is 17.4. The molecule has 0 radical (unpaired) electrons.